The largest absolute Gasteiger partial charge is 0.393 e. The first kappa shape index (κ1) is 23.7. The molecule has 2 N–H and O–H groups in total. The molecule has 170 valence electrons. The van der Waals surface area contributed by atoms with Crippen LogP contribution in [0.4, 0.5) is 4.39 Å². The van der Waals surface area contributed by atoms with Crippen LogP contribution in [0.25, 0.3) is 0 Å². The molecular formula is C27H43FO2. The van der Waals surface area contributed by atoms with E-state index in [0.29, 0.717) is 42.4 Å². The molecule has 0 aromatic heterocycles. The maximum atomic E-state index is 13.3. The third-order valence-corrected chi connectivity index (χ3v) is 8.66. The molecule has 0 aromatic carbocycles. The van der Waals surface area contributed by atoms with Crippen molar-refractivity contribution in [1.29, 1.82) is 0 Å². The smallest absolute Gasteiger partial charge is 0.0901 e. The number of hydrogen-bond donors (Lipinski definition) is 2. The lowest BCUT2D eigenvalue weighted by Gasteiger charge is -2.44. The molecule has 0 heterocycles. The van der Waals surface area contributed by atoms with Gasteiger partial charge in [-0.25, -0.2) is 4.39 Å². The van der Waals surface area contributed by atoms with Crippen LogP contribution in [0, 0.1) is 29.1 Å². The summed E-state index contributed by atoms with van der Waals surface area (Å²) in [6.45, 7) is 9.10. The highest BCUT2D eigenvalue weighted by molar-refractivity contribution is 5.37. The molecule has 3 heteroatoms. The van der Waals surface area contributed by atoms with Gasteiger partial charge in [-0.2, -0.15) is 0 Å². The van der Waals surface area contributed by atoms with Crippen molar-refractivity contribution in [3.05, 3.63) is 35.2 Å². The third-order valence-electron chi connectivity index (χ3n) is 8.66. The van der Waals surface area contributed by atoms with Gasteiger partial charge in [-0.15, -0.1) is 0 Å². The van der Waals surface area contributed by atoms with E-state index in [1.165, 1.54) is 31.3 Å². The predicted octanol–water partition coefficient (Wildman–Crippen LogP) is 6.89. The summed E-state index contributed by atoms with van der Waals surface area (Å²) >= 11 is 0. The first-order valence-electron chi connectivity index (χ1n) is 12.3. The fourth-order valence-electron chi connectivity index (χ4n) is 6.66. The lowest BCUT2D eigenvalue weighted by atomic mass is 9.60. The SMILES string of the molecule is CC(C)C(O)CC[C@@H](C)[C@H]1CCC2C(=C/C=C3/C[C@@H](O)CCC3=CF)CCC[C@@]21C. The Hall–Kier alpha value is -0.930. The van der Waals surface area contributed by atoms with E-state index in [2.05, 4.69) is 39.8 Å². The molecule has 6 atom stereocenters. The van der Waals surface area contributed by atoms with Gasteiger partial charge in [0.05, 0.1) is 18.5 Å². The molecule has 0 aromatic rings. The third kappa shape index (κ3) is 5.10. The van der Waals surface area contributed by atoms with Crippen LogP contribution in [0.5, 0.6) is 0 Å². The van der Waals surface area contributed by atoms with E-state index >= 15 is 0 Å². The van der Waals surface area contributed by atoms with Gasteiger partial charge in [0.2, 0.25) is 0 Å². The maximum absolute atomic E-state index is 13.3. The minimum Gasteiger partial charge on any atom is -0.393 e. The number of allylic oxidation sites excluding steroid dienone is 4. The van der Waals surface area contributed by atoms with Crippen LogP contribution in [-0.4, -0.2) is 22.4 Å². The van der Waals surface area contributed by atoms with Gasteiger partial charge >= 0.3 is 0 Å². The number of aliphatic hydroxyl groups is 2. The minimum atomic E-state index is -0.340. The predicted molar refractivity (Wildman–Crippen MR) is 123 cm³/mol. The van der Waals surface area contributed by atoms with Crippen molar-refractivity contribution in [1.82, 2.24) is 0 Å². The number of hydrogen-bond acceptors (Lipinski definition) is 2. The van der Waals surface area contributed by atoms with Crippen molar-refractivity contribution < 1.29 is 14.6 Å². The van der Waals surface area contributed by atoms with Crippen LogP contribution >= 0.6 is 0 Å². The number of rotatable bonds is 6. The summed E-state index contributed by atoms with van der Waals surface area (Å²) in [6.07, 6.45) is 14.7. The molecule has 0 radical (unpaired) electrons. The minimum absolute atomic E-state index is 0.186. The van der Waals surface area contributed by atoms with Crippen LogP contribution in [-0.2, 0) is 0 Å². The second kappa shape index (κ2) is 10.1. The number of fused-ring (bicyclic) bond motifs is 1. The summed E-state index contributed by atoms with van der Waals surface area (Å²) in [6, 6.07) is 0. The fraction of sp³-hybridized carbons (Fsp3) is 0.778. The standard InChI is InChI=1S/C27H43FO2/c1-18(2)26(30)14-7-19(3)24-12-13-25-20(6-5-15-27(24,25)4)8-9-21-16-23(29)11-10-22(21)17-28/h8-9,17-19,23-26,29-30H,5-7,10-16H2,1-4H3/b20-8?,21-9-,22-17?/t19-,23+,24-,25?,26?,27-/m1/s1. The highest BCUT2D eigenvalue weighted by atomic mass is 19.1. The lowest BCUT2D eigenvalue weighted by Crippen LogP contribution is -2.36. The molecule has 0 saturated heterocycles. The summed E-state index contributed by atoms with van der Waals surface area (Å²) in [5.41, 5.74) is 3.61. The summed E-state index contributed by atoms with van der Waals surface area (Å²) in [5.74, 6) is 2.32. The fourth-order valence-corrected chi connectivity index (χ4v) is 6.66. The average molecular weight is 419 g/mol. The monoisotopic (exact) mass is 418 g/mol. The van der Waals surface area contributed by atoms with Gasteiger partial charge in [-0.3, -0.25) is 0 Å². The second-order valence-corrected chi connectivity index (χ2v) is 10.9. The van der Waals surface area contributed by atoms with Crippen LogP contribution in [0.2, 0.25) is 0 Å². The Labute approximate surface area is 183 Å². The molecular weight excluding hydrogens is 375 g/mol. The first-order chi connectivity index (χ1) is 14.3. The van der Waals surface area contributed by atoms with E-state index in [1.807, 2.05) is 0 Å². The highest BCUT2D eigenvalue weighted by Gasteiger charge is 2.50. The van der Waals surface area contributed by atoms with Crippen molar-refractivity contribution in [3.63, 3.8) is 0 Å². The molecule has 30 heavy (non-hydrogen) atoms. The summed E-state index contributed by atoms with van der Waals surface area (Å²) in [4.78, 5) is 0. The van der Waals surface area contributed by atoms with Crippen LogP contribution in [0.3, 0.4) is 0 Å². The molecule has 2 nitrogen and oxygen atoms in total. The van der Waals surface area contributed by atoms with Crippen molar-refractivity contribution in [2.45, 2.75) is 104 Å². The second-order valence-electron chi connectivity index (χ2n) is 10.9. The van der Waals surface area contributed by atoms with Gasteiger partial charge in [-0.1, -0.05) is 45.4 Å². The number of aliphatic hydroxyl groups excluding tert-OH is 2. The van der Waals surface area contributed by atoms with Gasteiger partial charge in [0.25, 0.3) is 0 Å². The molecule has 2 unspecified atom stereocenters. The van der Waals surface area contributed by atoms with Crippen LogP contribution in [0.1, 0.15) is 91.9 Å². The van der Waals surface area contributed by atoms with E-state index in [0.717, 1.165) is 42.7 Å². The Bertz CT molecular complexity index is 676. The zero-order valence-corrected chi connectivity index (χ0v) is 19.5. The zero-order chi connectivity index (χ0) is 21.9. The van der Waals surface area contributed by atoms with Crippen LogP contribution < -0.4 is 0 Å². The lowest BCUT2D eigenvalue weighted by molar-refractivity contribution is 0.0717. The molecule has 3 aliphatic rings. The van der Waals surface area contributed by atoms with Gasteiger partial charge in [0.1, 0.15) is 0 Å². The molecule has 0 spiro atoms. The van der Waals surface area contributed by atoms with Gasteiger partial charge < -0.3 is 10.2 Å². The Morgan fingerprint density at radius 1 is 1.07 bits per heavy atom. The quantitative estimate of drug-likeness (QED) is 0.493. The highest BCUT2D eigenvalue weighted by Crippen LogP contribution is 2.60. The summed E-state index contributed by atoms with van der Waals surface area (Å²) < 4.78 is 13.3. The molecule has 0 aliphatic heterocycles. The van der Waals surface area contributed by atoms with Crippen LogP contribution in [0.15, 0.2) is 35.2 Å². The van der Waals surface area contributed by atoms with Gasteiger partial charge in [-0.05, 0) is 104 Å². The Morgan fingerprint density at radius 3 is 2.53 bits per heavy atom. The molecule has 3 saturated carbocycles. The average Bonchev–Trinajstić information content (AvgIpc) is 3.07. The van der Waals surface area contributed by atoms with Gasteiger partial charge in [0.15, 0.2) is 0 Å². The van der Waals surface area contributed by atoms with Crippen molar-refractivity contribution >= 4 is 0 Å². The van der Waals surface area contributed by atoms with E-state index < -0.39 is 0 Å². The number of halogens is 1. The molecule has 3 fully saturated rings. The Kier molecular flexibility index (Phi) is 8.01. The normalized spacial score (nSPS) is 38.4. The maximum Gasteiger partial charge on any atom is 0.0901 e. The van der Waals surface area contributed by atoms with E-state index in [-0.39, 0.29) is 12.2 Å². The van der Waals surface area contributed by atoms with Crippen molar-refractivity contribution in [2.24, 2.45) is 29.1 Å². The van der Waals surface area contributed by atoms with Crippen molar-refractivity contribution in [2.75, 3.05) is 0 Å². The Morgan fingerprint density at radius 2 is 1.83 bits per heavy atom. The Balaban J connectivity index is 1.72. The first-order valence-corrected chi connectivity index (χ1v) is 12.3. The summed E-state index contributed by atoms with van der Waals surface area (Å²) in [7, 11) is 0. The molecule has 3 aliphatic carbocycles. The van der Waals surface area contributed by atoms with E-state index in [4.69, 9.17) is 0 Å². The molecule has 0 bridgehead atoms. The van der Waals surface area contributed by atoms with Crippen molar-refractivity contribution in [3.8, 4) is 0 Å². The topological polar surface area (TPSA) is 40.5 Å². The summed E-state index contributed by atoms with van der Waals surface area (Å²) in [5, 5.41) is 20.3. The zero-order valence-electron chi connectivity index (χ0n) is 19.5. The molecule has 0 amide bonds. The molecule has 3 rings (SSSR count). The van der Waals surface area contributed by atoms with E-state index in [9.17, 15) is 14.6 Å². The van der Waals surface area contributed by atoms with Gasteiger partial charge in [0, 0.05) is 0 Å². The van der Waals surface area contributed by atoms with E-state index in [1.54, 1.807) is 0 Å².